The second-order valence-corrected chi connectivity index (χ2v) is 5.42. The molecular weight excluding hydrogens is 371 g/mol. The second kappa shape index (κ2) is 7.02. The summed E-state index contributed by atoms with van der Waals surface area (Å²) in [5.74, 6) is 0.180. The third kappa shape index (κ3) is 4.02. The maximum Gasteiger partial charge on any atom is 0.416 e. The predicted molar refractivity (Wildman–Crippen MR) is 86.6 cm³/mol. The molecular formula is C16H12F3N3O5. The molecule has 3 rings (SSSR count). The van der Waals surface area contributed by atoms with Gasteiger partial charge < -0.3 is 9.47 Å². The van der Waals surface area contributed by atoms with Crippen molar-refractivity contribution in [2.75, 3.05) is 18.6 Å². The van der Waals surface area contributed by atoms with Gasteiger partial charge in [0.15, 0.2) is 11.5 Å². The smallest absolute Gasteiger partial charge is 0.416 e. The van der Waals surface area contributed by atoms with Gasteiger partial charge in [-0.1, -0.05) is 0 Å². The SMILES string of the molecule is O=C(NNc1ccc(C(F)(F)F)cc1[N+](=O)[O-])c1ccc2c(c1)OCCO2. The van der Waals surface area contributed by atoms with Crippen LogP contribution < -0.4 is 20.3 Å². The third-order valence-electron chi connectivity index (χ3n) is 3.64. The number of nitrogens with one attached hydrogen (secondary N) is 2. The van der Waals surface area contributed by atoms with Gasteiger partial charge in [0.2, 0.25) is 0 Å². The second-order valence-electron chi connectivity index (χ2n) is 5.42. The molecule has 1 heterocycles. The Labute approximate surface area is 150 Å². The number of hydrogen-bond donors (Lipinski definition) is 2. The van der Waals surface area contributed by atoms with Gasteiger partial charge in [-0.15, -0.1) is 0 Å². The average molecular weight is 383 g/mol. The quantitative estimate of drug-likeness (QED) is 0.621. The molecule has 0 radical (unpaired) electrons. The molecule has 8 nitrogen and oxygen atoms in total. The lowest BCUT2D eigenvalue weighted by atomic mass is 10.1. The van der Waals surface area contributed by atoms with Crippen LogP contribution in [0.15, 0.2) is 36.4 Å². The van der Waals surface area contributed by atoms with Crippen LogP contribution in [0, 0.1) is 10.1 Å². The number of carbonyl (C=O) groups is 1. The summed E-state index contributed by atoms with van der Waals surface area (Å²) in [7, 11) is 0. The number of halogens is 3. The van der Waals surface area contributed by atoms with Crippen LogP contribution in [0.4, 0.5) is 24.5 Å². The topological polar surface area (TPSA) is 103 Å². The van der Waals surface area contributed by atoms with E-state index in [2.05, 4.69) is 10.9 Å². The van der Waals surface area contributed by atoms with Crippen LogP contribution in [0.3, 0.4) is 0 Å². The van der Waals surface area contributed by atoms with Crippen LogP contribution in [-0.2, 0) is 6.18 Å². The highest BCUT2D eigenvalue weighted by molar-refractivity contribution is 5.95. The third-order valence-corrected chi connectivity index (χ3v) is 3.64. The van der Waals surface area contributed by atoms with Gasteiger partial charge >= 0.3 is 6.18 Å². The maximum absolute atomic E-state index is 12.7. The highest BCUT2D eigenvalue weighted by Crippen LogP contribution is 2.35. The highest BCUT2D eigenvalue weighted by Gasteiger charge is 2.33. The number of anilines is 1. The summed E-state index contributed by atoms with van der Waals surface area (Å²) in [4.78, 5) is 22.2. The Morgan fingerprint density at radius 1 is 1.07 bits per heavy atom. The molecule has 2 N–H and O–H groups in total. The first-order valence-electron chi connectivity index (χ1n) is 7.57. The van der Waals surface area contributed by atoms with Crippen molar-refractivity contribution in [3.63, 3.8) is 0 Å². The number of ether oxygens (including phenoxy) is 2. The van der Waals surface area contributed by atoms with Crippen molar-refractivity contribution in [3.8, 4) is 11.5 Å². The Kier molecular flexibility index (Phi) is 4.75. The summed E-state index contributed by atoms with van der Waals surface area (Å²) < 4.78 is 48.8. The molecule has 11 heteroatoms. The predicted octanol–water partition coefficient (Wildman–Crippen LogP) is 3.14. The van der Waals surface area contributed by atoms with E-state index in [0.717, 1.165) is 6.07 Å². The van der Waals surface area contributed by atoms with Crippen molar-refractivity contribution in [1.82, 2.24) is 5.43 Å². The van der Waals surface area contributed by atoms with Crippen molar-refractivity contribution >= 4 is 17.3 Å². The van der Waals surface area contributed by atoms with Crippen molar-refractivity contribution in [1.29, 1.82) is 0 Å². The molecule has 0 fully saturated rings. The Morgan fingerprint density at radius 3 is 2.44 bits per heavy atom. The van der Waals surface area contributed by atoms with Crippen LogP contribution in [-0.4, -0.2) is 24.0 Å². The zero-order valence-electron chi connectivity index (χ0n) is 13.5. The minimum absolute atomic E-state index is 0.168. The first-order chi connectivity index (χ1) is 12.8. The van der Waals surface area contributed by atoms with Gasteiger partial charge in [0.05, 0.1) is 10.5 Å². The van der Waals surface area contributed by atoms with E-state index in [4.69, 9.17) is 9.47 Å². The number of amides is 1. The van der Waals surface area contributed by atoms with Crippen LogP contribution in [0.1, 0.15) is 15.9 Å². The molecule has 0 atom stereocenters. The van der Waals surface area contributed by atoms with Crippen LogP contribution in [0.2, 0.25) is 0 Å². The van der Waals surface area contributed by atoms with Crippen molar-refractivity contribution in [2.24, 2.45) is 0 Å². The summed E-state index contributed by atoms with van der Waals surface area (Å²) in [5, 5.41) is 11.0. The molecule has 1 aliphatic heterocycles. The van der Waals surface area contributed by atoms with E-state index in [0.29, 0.717) is 36.8 Å². The summed E-state index contributed by atoms with van der Waals surface area (Å²) in [6.45, 7) is 0.714. The lowest BCUT2D eigenvalue weighted by Gasteiger charge is -2.18. The van der Waals surface area contributed by atoms with Gasteiger partial charge in [-0.25, -0.2) is 0 Å². The van der Waals surface area contributed by atoms with E-state index >= 15 is 0 Å². The lowest BCUT2D eigenvalue weighted by molar-refractivity contribution is -0.384. The van der Waals surface area contributed by atoms with Crippen LogP contribution in [0.25, 0.3) is 0 Å². The number of benzene rings is 2. The largest absolute Gasteiger partial charge is 0.486 e. The number of nitro benzene ring substituents is 1. The van der Waals surface area contributed by atoms with E-state index in [-0.39, 0.29) is 11.3 Å². The number of nitrogens with zero attached hydrogens (tertiary/aromatic N) is 1. The van der Waals surface area contributed by atoms with Crippen molar-refractivity contribution < 1.29 is 32.4 Å². The number of hydrazine groups is 1. The number of carbonyl (C=O) groups excluding carboxylic acids is 1. The van der Waals surface area contributed by atoms with Gasteiger partial charge in [0.1, 0.15) is 18.9 Å². The van der Waals surface area contributed by atoms with Gasteiger partial charge in [-0.3, -0.25) is 25.8 Å². The number of rotatable bonds is 4. The van der Waals surface area contributed by atoms with Crippen LogP contribution in [0.5, 0.6) is 11.5 Å². The molecule has 0 saturated carbocycles. The maximum atomic E-state index is 12.7. The van der Waals surface area contributed by atoms with E-state index in [1.165, 1.54) is 18.2 Å². The minimum Gasteiger partial charge on any atom is -0.486 e. The van der Waals surface area contributed by atoms with E-state index < -0.39 is 28.3 Å². The lowest BCUT2D eigenvalue weighted by Crippen LogP contribution is -2.30. The standard InChI is InChI=1S/C16H12F3N3O5/c17-16(18,19)10-2-3-11(12(8-10)22(24)25)20-21-15(23)9-1-4-13-14(7-9)27-6-5-26-13/h1-4,7-8,20H,5-6H2,(H,21,23). The molecule has 0 unspecified atom stereocenters. The van der Waals surface area contributed by atoms with Gasteiger partial charge in [-0.05, 0) is 30.3 Å². The Bertz CT molecular complexity index is 901. The van der Waals surface area contributed by atoms with Gasteiger partial charge in [-0.2, -0.15) is 13.2 Å². The van der Waals surface area contributed by atoms with Crippen LogP contribution >= 0.6 is 0 Å². The van der Waals surface area contributed by atoms with Crippen molar-refractivity contribution in [2.45, 2.75) is 6.18 Å². The van der Waals surface area contributed by atoms with Gasteiger partial charge in [0, 0.05) is 11.6 Å². The van der Waals surface area contributed by atoms with E-state index in [1.807, 2.05) is 0 Å². The fraction of sp³-hybridized carbons (Fsp3) is 0.188. The fourth-order valence-corrected chi connectivity index (χ4v) is 2.35. The normalized spacial score (nSPS) is 13.0. The molecule has 2 aromatic carbocycles. The summed E-state index contributed by atoms with van der Waals surface area (Å²) in [6, 6.07) is 6.33. The minimum atomic E-state index is -4.72. The fourth-order valence-electron chi connectivity index (χ4n) is 2.35. The molecule has 0 bridgehead atoms. The molecule has 27 heavy (non-hydrogen) atoms. The number of fused-ring (bicyclic) bond motifs is 1. The molecule has 0 saturated heterocycles. The Hall–Kier alpha value is -3.50. The Morgan fingerprint density at radius 2 is 1.78 bits per heavy atom. The number of alkyl halides is 3. The average Bonchev–Trinajstić information content (AvgIpc) is 2.64. The molecule has 0 spiro atoms. The number of nitro groups is 1. The molecule has 0 aromatic heterocycles. The number of hydrogen-bond acceptors (Lipinski definition) is 6. The van der Waals surface area contributed by atoms with Crippen molar-refractivity contribution in [3.05, 3.63) is 57.6 Å². The summed E-state index contributed by atoms with van der Waals surface area (Å²) in [5.41, 5.74) is 2.36. The first kappa shape index (κ1) is 18.3. The van der Waals surface area contributed by atoms with Gasteiger partial charge in [0.25, 0.3) is 11.6 Å². The molecule has 1 aliphatic rings. The zero-order chi connectivity index (χ0) is 19.6. The summed E-state index contributed by atoms with van der Waals surface area (Å²) in [6.07, 6.45) is -4.72. The molecule has 142 valence electrons. The molecule has 2 aromatic rings. The summed E-state index contributed by atoms with van der Waals surface area (Å²) >= 11 is 0. The molecule has 1 amide bonds. The first-order valence-corrected chi connectivity index (χ1v) is 7.57. The van der Waals surface area contributed by atoms with E-state index in [9.17, 15) is 28.1 Å². The Balaban J connectivity index is 1.76. The monoisotopic (exact) mass is 383 g/mol. The zero-order valence-corrected chi connectivity index (χ0v) is 13.5. The highest BCUT2D eigenvalue weighted by atomic mass is 19.4. The van der Waals surface area contributed by atoms with E-state index in [1.54, 1.807) is 0 Å². The molecule has 0 aliphatic carbocycles.